The molecule has 0 spiro atoms. The second-order valence-electron chi connectivity index (χ2n) is 8.34. The Morgan fingerprint density at radius 2 is 2.07 bits per heavy atom. The molecular weight excluding hydrogens is 362 g/mol. The van der Waals surface area contributed by atoms with Crippen LogP contribution in [0.3, 0.4) is 0 Å². The first-order valence-electron chi connectivity index (χ1n) is 9.24. The van der Waals surface area contributed by atoms with E-state index in [2.05, 4.69) is 44.3 Å². The van der Waals surface area contributed by atoms with Gasteiger partial charge in [0.15, 0.2) is 14.2 Å². The normalized spacial score (nSPS) is 17.5. The fourth-order valence-electron chi connectivity index (χ4n) is 2.93. The van der Waals surface area contributed by atoms with E-state index >= 15 is 0 Å². The van der Waals surface area contributed by atoms with Crippen LogP contribution >= 0.6 is 0 Å². The van der Waals surface area contributed by atoms with Gasteiger partial charge in [-0.25, -0.2) is 4.79 Å². The Morgan fingerprint density at radius 1 is 1.37 bits per heavy atom. The van der Waals surface area contributed by atoms with Crippen LogP contribution in [-0.4, -0.2) is 38.7 Å². The summed E-state index contributed by atoms with van der Waals surface area (Å²) in [7, 11) is -1.84. The maximum absolute atomic E-state index is 12.1. The first kappa shape index (κ1) is 21.2. The highest BCUT2D eigenvalue weighted by atomic mass is 28.4. The van der Waals surface area contributed by atoms with Crippen molar-refractivity contribution in [2.75, 3.05) is 13.2 Å². The van der Waals surface area contributed by atoms with Crippen LogP contribution in [0.4, 0.5) is 4.79 Å². The quantitative estimate of drug-likeness (QED) is 0.171. The summed E-state index contributed by atoms with van der Waals surface area (Å²) in [6, 6.07) is 5.46. The Balaban J connectivity index is 1.87. The van der Waals surface area contributed by atoms with Crippen molar-refractivity contribution in [1.82, 2.24) is 5.32 Å². The van der Waals surface area contributed by atoms with E-state index in [0.717, 1.165) is 24.0 Å². The van der Waals surface area contributed by atoms with Crippen molar-refractivity contribution in [1.29, 1.82) is 0 Å². The molecule has 7 nitrogen and oxygen atoms in total. The van der Waals surface area contributed by atoms with E-state index < -0.39 is 14.4 Å². The second-order valence-corrected chi connectivity index (χ2v) is 13.1. The number of nitrogens with one attached hydrogen (secondary N) is 1. The number of fused-ring (bicyclic) bond motifs is 1. The average Bonchev–Trinajstić information content (AvgIpc) is 3.00. The largest absolute Gasteiger partial charge is 0.447 e. The molecule has 0 aliphatic heterocycles. The van der Waals surface area contributed by atoms with Crippen LogP contribution < -0.4 is 11.1 Å². The van der Waals surface area contributed by atoms with Gasteiger partial charge in [-0.1, -0.05) is 44.1 Å². The molecule has 0 aromatic heterocycles. The fourth-order valence-corrected chi connectivity index (χ4v) is 3.96. The number of alkyl carbamates (subject to hydrolysis) is 1. The summed E-state index contributed by atoms with van der Waals surface area (Å²) in [5.74, 6) is 0.0813. The van der Waals surface area contributed by atoms with E-state index in [4.69, 9.17) is 20.1 Å². The minimum absolute atomic E-state index is 0.0813. The van der Waals surface area contributed by atoms with Gasteiger partial charge in [-0.05, 0) is 42.1 Å². The third-order valence-electron chi connectivity index (χ3n) is 5.53. The van der Waals surface area contributed by atoms with Crippen LogP contribution in [0.2, 0.25) is 18.1 Å². The highest BCUT2D eigenvalue weighted by Gasteiger charge is 2.37. The number of rotatable bonds is 6. The fraction of sp³-hybridized carbons (Fsp3) is 0.579. The maximum Gasteiger partial charge on any atom is 0.407 e. The Hall–Kier alpha value is -2.06. The smallest absolute Gasteiger partial charge is 0.407 e. The van der Waals surface area contributed by atoms with Gasteiger partial charge < -0.3 is 25.4 Å². The van der Waals surface area contributed by atoms with E-state index in [-0.39, 0.29) is 23.5 Å². The van der Waals surface area contributed by atoms with Crippen LogP contribution in [0.1, 0.15) is 49.9 Å². The zero-order valence-corrected chi connectivity index (χ0v) is 17.8. The summed E-state index contributed by atoms with van der Waals surface area (Å²) in [5, 5.41) is 15.0. The van der Waals surface area contributed by atoms with Crippen molar-refractivity contribution < 1.29 is 19.2 Å². The number of amides is 1. The van der Waals surface area contributed by atoms with E-state index in [9.17, 15) is 4.79 Å². The van der Waals surface area contributed by atoms with Crippen molar-refractivity contribution >= 4 is 20.2 Å². The van der Waals surface area contributed by atoms with Crippen LogP contribution in [0.25, 0.3) is 0 Å². The number of nitrogens with zero attached hydrogens (tertiary/aromatic N) is 1. The van der Waals surface area contributed by atoms with Crippen molar-refractivity contribution in [3.05, 3.63) is 34.9 Å². The lowest BCUT2D eigenvalue weighted by Gasteiger charge is -2.36. The van der Waals surface area contributed by atoms with Gasteiger partial charge in [-0.15, -0.1) is 0 Å². The van der Waals surface area contributed by atoms with Gasteiger partial charge in [0.1, 0.15) is 6.61 Å². The average molecular weight is 394 g/mol. The molecule has 1 aliphatic rings. The van der Waals surface area contributed by atoms with Crippen molar-refractivity contribution in [3.63, 3.8) is 0 Å². The molecule has 1 atom stereocenters. The topological polar surface area (TPSA) is 106 Å². The standard InChI is InChI=1S/C19H31N3O4Si/c1-19(2,3)27(4,5)26-12-11-25-18(23)21-16-10-9-13-14(16)7-6-8-15(13)17(20)22-24/h6-8,16,24H,9-12H2,1-5H3,(H2,20,22)(H,21,23). The van der Waals surface area contributed by atoms with Gasteiger partial charge >= 0.3 is 6.09 Å². The minimum Gasteiger partial charge on any atom is -0.447 e. The second kappa shape index (κ2) is 8.31. The molecule has 8 heteroatoms. The number of hydrogen-bond acceptors (Lipinski definition) is 5. The molecule has 1 aliphatic carbocycles. The lowest BCUT2D eigenvalue weighted by molar-refractivity contribution is 0.118. The molecule has 0 fully saturated rings. The maximum atomic E-state index is 12.1. The lowest BCUT2D eigenvalue weighted by atomic mass is 10.0. The van der Waals surface area contributed by atoms with E-state index in [0.29, 0.717) is 12.2 Å². The van der Waals surface area contributed by atoms with Gasteiger partial charge in [-0.3, -0.25) is 0 Å². The molecule has 0 saturated carbocycles. The van der Waals surface area contributed by atoms with Crippen LogP contribution in [0, 0.1) is 0 Å². The number of carbonyl (C=O) groups is 1. The number of benzene rings is 1. The summed E-state index contributed by atoms with van der Waals surface area (Å²) in [6.45, 7) is 11.5. The molecule has 1 aromatic carbocycles. The Labute approximate surface area is 162 Å². The van der Waals surface area contributed by atoms with Gasteiger partial charge in [0, 0.05) is 5.56 Å². The van der Waals surface area contributed by atoms with E-state index in [1.165, 1.54) is 0 Å². The van der Waals surface area contributed by atoms with Gasteiger partial charge in [0.05, 0.1) is 12.6 Å². The molecular formula is C19H31N3O4Si. The predicted octanol–water partition coefficient (Wildman–Crippen LogP) is 3.52. The van der Waals surface area contributed by atoms with Crippen LogP contribution in [0.15, 0.2) is 23.4 Å². The number of ether oxygens (including phenoxy) is 1. The van der Waals surface area contributed by atoms with Crippen LogP contribution in [-0.2, 0) is 15.6 Å². The molecule has 0 saturated heterocycles. The highest BCUT2D eigenvalue weighted by Crippen LogP contribution is 2.36. The van der Waals surface area contributed by atoms with E-state index in [1.54, 1.807) is 0 Å². The molecule has 0 heterocycles. The SMILES string of the molecule is CC(C)(C)[Si](C)(C)OCCOC(=O)NC1CCc2c(C(N)=NO)cccc21. The zero-order valence-electron chi connectivity index (χ0n) is 16.8. The first-order valence-corrected chi connectivity index (χ1v) is 12.1. The molecule has 150 valence electrons. The lowest BCUT2D eigenvalue weighted by Crippen LogP contribution is -2.41. The summed E-state index contributed by atoms with van der Waals surface area (Å²) >= 11 is 0. The Kier molecular flexibility index (Phi) is 6.53. The number of nitrogens with two attached hydrogens (primary N) is 1. The molecule has 0 radical (unpaired) electrons. The molecule has 1 aromatic rings. The number of hydrogen-bond donors (Lipinski definition) is 3. The summed E-state index contributed by atoms with van der Waals surface area (Å²) in [5.41, 5.74) is 8.42. The van der Waals surface area contributed by atoms with Crippen molar-refractivity contribution in [2.24, 2.45) is 10.9 Å². The number of oxime groups is 1. The first-order chi connectivity index (χ1) is 12.6. The molecule has 27 heavy (non-hydrogen) atoms. The summed E-state index contributed by atoms with van der Waals surface area (Å²) in [6.07, 6.45) is 1.04. The molecule has 1 amide bonds. The van der Waals surface area contributed by atoms with Gasteiger partial charge in [0.2, 0.25) is 0 Å². The predicted molar refractivity (Wildman–Crippen MR) is 108 cm³/mol. The van der Waals surface area contributed by atoms with Gasteiger partial charge in [0.25, 0.3) is 0 Å². The van der Waals surface area contributed by atoms with E-state index in [1.807, 2.05) is 18.2 Å². The minimum atomic E-state index is -1.84. The third-order valence-corrected chi connectivity index (χ3v) is 10.1. The highest BCUT2D eigenvalue weighted by molar-refractivity contribution is 6.74. The van der Waals surface area contributed by atoms with Gasteiger partial charge in [-0.2, -0.15) is 0 Å². The molecule has 2 rings (SSSR count). The number of carbonyl (C=O) groups excluding carboxylic acids is 1. The zero-order chi connectivity index (χ0) is 20.2. The Bertz CT molecular complexity index is 713. The summed E-state index contributed by atoms with van der Waals surface area (Å²) in [4.78, 5) is 12.1. The van der Waals surface area contributed by atoms with Crippen molar-refractivity contribution in [2.45, 2.75) is 57.8 Å². The molecule has 4 N–H and O–H groups in total. The van der Waals surface area contributed by atoms with Crippen LogP contribution in [0.5, 0.6) is 0 Å². The third kappa shape index (κ3) is 5.01. The molecule has 1 unspecified atom stereocenters. The van der Waals surface area contributed by atoms with Crippen molar-refractivity contribution in [3.8, 4) is 0 Å². The summed E-state index contributed by atoms with van der Waals surface area (Å²) < 4.78 is 11.3. The number of amidine groups is 1. The Morgan fingerprint density at radius 3 is 2.70 bits per heavy atom. The monoisotopic (exact) mass is 393 g/mol. The molecule has 0 bridgehead atoms.